The molecular formula is C16H16N5O2S-. The van der Waals surface area contributed by atoms with E-state index < -0.39 is 11.1 Å². The molecule has 0 N–H and O–H groups in total. The van der Waals surface area contributed by atoms with Gasteiger partial charge < -0.3 is 13.7 Å². The molecule has 1 atom stereocenters. The van der Waals surface area contributed by atoms with Gasteiger partial charge in [0, 0.05) is 24.7 Å². The lowest BCUT2D eigenvalue weighted by Crippen LogP contribution is -2.05. The molecule has 4 aromatic rings. The van der Waals surface area contributed by atoms with Gasteiger partial charge in [-0.15, -0.1) is 0 Å². The van der Waals surface area contributed by atoms with Crippen LogP contribution >= 0.6 is 0 Å². The highest BCUT2D eigenvalue weighted by atomic mass is 32.2. The molecule has 3 aromatic heterocycles. The number of aromatic nitrogens is 5. The lowest BCUT2D eigenvalue weighted by molar-refractivity contribution is 0.531. The van der Waals surface area contributed by atoms with E-state index in [1.165, 1.54) is 0 Å². The minimum absolute atomic E-state index is 0.158. The Bertz CT molecular complexity index is 1100. The molecule has 8 heteroatoms. The monoisotopic (exact) mass is 342 g/mol. The molecule has 24 heavy (non-hydrogen) atoms. The number of aryl methyl sites for hydroxylation is 3. The standard InChI is InChI=1S/C16H17N5O2S/c1-10-19-12-6-11-13(20(2)15-8-17-9-18-16(11)15)7-14(12)21(10)4-3-5-24(22)23/h6-9H,3-5H2,1-2H3,(H,22,23)/p-1. The second-order valence-electron chi connectivity index (χ2n) is 5.85. The summed E-state index contributed by atoms with van der Waals surface area (Å²) in [6.45, 7) is 2.57. The van der Waals surface area contributed by atoms with Gasteiger partial charge in [0.05, 0.1) is 33.8 Å². The molecule has 0 bridgehead atoms. The van der Waals surface area contributed by atoms with Crippen molar-refractivity contribution in [2.75, 3.05) is 5.75 Å². The van der Waals surface area contributed by atoms with E-state index in [1.807, 2.05) is 20.2 Å². The zero-order chi connectivity index (χ0) is 16.8. The van der Waals surface area contributed by atoms with E-state index in [0.717, 1.165) is 38.8 Å². The summed E-state index contributed by atoms with van der Waals surface area (Å²) >= 11 is -2.01. The van der Waals surface area contributed by atoms with E-state index in [2.05, 4.69) is 36.2 Å². The quantitative estimate of drug-likeness (QED) is 0.530. The maximum atomic E-state index is 10.8. The topological polar surface area (TPSA) is 88.7 Å². The van der Waals surface area contributed by atoms with Crippen LogP contribution in [0.4, 0.5) is 0 Å². The van der Waals surface area contributed by atoms with Crippen molar-refractivity contribution < 1.29 is 8.76 Å². The van der Waals surface area contributed by atoms with Gasteiger partial charge in [-0.25, -0.2) is 15.0 Å². The maximum absolute atomic E-state index is 10.8. The molecule has 0 aliphatic heterocycles. The Morgan fingerprint density at radius 2 is 2.08 bits per heavy atom. The van der Waals surface area contributed by atoms with Crippen LogP contribution in [0.5, 0.6) is 0 Å². The highest BCUT2D eigenvalue weighted by Gasteiger charge is 2.14. The first-order valence-corrected chi connectivity index (χ1v) is 8.91. The highest BCUT2D eigenvalue weighted by Crippen LogP contribution is 2.30. The van der Waals surface area contributed by atoms with Crippen molar-refractivity contribution in [2.45, 2.75) is 19.9 Å². The summed E-state index contributed by atoms with van der Waals surface area (Å²) in [4.78, 5) is 13.1. The van der Waals surface area contributed by atoms with Gasteiger partial charge in [0.15, 0.2) is 0 Å². The summed E-state index contributed by atoms with van der Waals surface area (Å²) in [6.07, 6.45) is 3.93. The summed E-state index contributed by atoms with van der Waals surface area (Å²) in [7, 11) is 1.99. The second kappa shape index (κ2) is 5.64. The molecule has 124 valence electrons. The van der Waals surface area contributed by atoms with Crippen molar-refractivity contribution in [2.24, 2.45) is 7.05 Å². The number of rotatable bonds is 4. The summed E-state index contributed by atoms with van der Waals surface area (Å²) in [5.41, 5.74) is 4.86. The van der Waals surface area contributed by atoms with Crippen molar-refractivity contribution in [1.82, 2.24) is 24.1 Å². The van der Waals surface area contributed by atoms with Gasteiger partial charge in [-0.1, -0.05) is 11.1 Å². The molecule has 0 aliphatic rings. The number of hydrogen-bond donors (Lipinski definition) is 0. The SMILES string of the molecule is Cc1nc2cc3c4ncncc4n(C)c3cc2n1CCCS(=O)[O-]. The van der Waals surface area contributed by atoms with E-state index in [9.17, 15) is 8.76 Å². The molecule has 4 rings (SSSR count). The van der Waals surface area contributed by atoms with E-state index >= 15 is 0 Å². The van der Waals surface area contributed by atoms with Gasteiger partial charge in [0.25, 0.3) is 0 Å². The van der Waals surface area contributed by atoms with Crippen LogP contribution < -0.4 is 0 Å². The highest BCUT2D eigenvalue weighted by molar-refractivity contribution is 7.79. The van der Waals surface area contributed by atoms with Crippen LogP contribution in [0.15, 0.2) is 24.7 Å². The Hall–Kier alpha value is -2.32. The molecule has 0 amide bonds. The first kappa shape index (κ1) is 15.2. The molecule has 0 aliphatic carbocycles. The van der Waals surface area contributed by atoms with Crippen LogP contribution in [0, 0.1) is 6.92 Å². The fourth-order valence-corrected chi connectivity index (χ4v) is 3.64. The second-order valence-corrected chi connectivity index (χ2v) is 6.86. The van der Waals surface area contributed by atoms with Crippen molar-refractivity contribution >= 4 is 44.1 Å². The summed E-state index contributed by atoms with van der Waals surface area (Å²) in [5.74, 6) is 1.04. The zero-order valence-corrected chi connectivity index (χ0v) is 14.2. The molecule has 1 unspecified atom stereocenters. The molecule has 1 aromatic carbocycles. The van der Waals surface area contributed by atoms with Gasteiger partial charge in [0.1, 0.15) is 12.2 Å². The minimum Gasteiger partial charge on any atom is -0.772 e. The van der Waals surface area contributed by atoms with Gasteiger partial charge in [0.2, 0.25) is 0 Å². The third kappa shape index (κ3) is 2.30. The number of imidazole rings is 1. The molecular weight excluding hydrogens is 326 g/mol. The zero-order valence-electron chi connectivity index (χ0n) is 13.4. The van der Waals surface area contributed by atoms with Crippen molar-refractivity contribution in [1.29, 1.82) is 0 Å². The number of hydrogen-bond acceptors (Lipinski definition) is 5. The summed E-state index contributed by atoms with van der Waals surface area (Å²) in [5, 5.41) is 1.05. The molecule has 0 saturated heterocycles. The fourth-order valence-electron chi connectivity index (χ4n) is 3.28. The van der Waals surface area contributed by atoms with Crippen LogP contribution in [0.1, 0.15) is 12.2 Å². The molecule has 3 heterocycles. The Labute approximate surface area is 140 Å². The van der Waals surface area contributed by atoms with Crippen LogP contribution in [-0.4, -0.2) is 38.6 Å². The smallest absolute Gasteiger partial charge is 0.116 e. The first-order valence-electron chi connectivity index (χ1n) is 7.67. The molecule has 0 radical (unpaired) electrons. The lowest BCUT2D eigenvalue weighted by Gasteiger charge is -2.08. The van der Waals surface area contributed by atoms with E-state index in [4.69, 9.17) is 0 Å². The van der Waals surface area contributed by atoms with Crippen LogP contribution in [-0.2, 0) is 24.7 Å². The minimum atomic E-state index is -2.01. The lowest BCUT2D eigenvalue weighted by atomic mass is 10.2. The average molecular weight is 342 g/mol. The molecule has 0 saturated carbocycles. The Morgan fingerprint density at radius 3 is 2.88 bits per heavy atom. The molecule has 7 nitrogen and oxygen atoms in total. The average Bonchev–Trinajstić information content (AvgIpc) is 3.01. The summed E-state index contributed by atoms with van der Waals surface area (Å²) < 4.78 is 25.7. The van der Waals surface area contributed by atoms with Crippen LogP contribution in [0.3, 0.4) is 0 Å². The normalized spacial score (nSPS) is 13.3. The Morgan fingerprint density at radius 1 is 1.25 bits per heavy atom. The number of benzene rings is 1. The van der Waals surface area contributed by atoms with Crippen molar-refractivity contribution in [3.05, 3.63) is 30.5 Å². The van der Waals surface area contributed by atoms with Gasteiger partial charge in [-0.05, 0) is 25.5 Å². The fraction of sp³-hybridized carbons (Fsp3) is 0.312. The third-order valence-electron chi connectivity index (χ3n) is 4.42. The van der Waals surface area contributed by atoms with Gasteiger partial charge in [-0.3, -0.25) is 4.21 Å². The van der Waals surface area contributed by atoms with Crippen molar-refractivity contribution in [3.63, 3.8) is 0 Å². The number of fused-ring (bicyclic) bond motifs is 4. The predicted octanol–water partition coefficient (Wildman–Crippen LogP) is 2.05. The van der Waals surface area contributed by atoms with E-state index in [0.29, 0.717) is 13.0 Å². The van der Waals surface area contributed by atoms with Gasteiger partial charge in [-0.2, -0.15) is 0 Å². The molecule has 0 fully saturated rings. The largest absolute Gasteiger partial charge is 0.772 e. The van der Waals surface area contributed by atoms with Gasteiger partial charge >= 0.3 is 0 Å². The molecule has 0 spiro atoms. The maximum Gasteiger partial charge on any atom is 0.116 e. The van der Waals surface area contributed by atoms with E-state index in [-0.39, 0.29) is 5.75 Å². The van der Waals surface area contributed by atoms with Crippen molar-refractivity contribution in [3.8, 4) is 0 Å². The Balaban J connectivity index is 1.91. The first-order chi connectivity index (χ1) is 11.6. The predicted molar refractivity (Wildman–Crippen MR) is 92.4 cm³/mol. The van der Waals surface area contributed by atoms with E-state index in [1.54, 1.807) is 6.33 Å². The van der Waals surface area contributed by atoms with Crippen LogP contribution in [0.25, 0.3) is 33.0 Å². The van der Waals surface area contributed by atoms with Crippen LogP contribution in [0.2, 0.25) is 0 Å². The summed E-state index contributed by atoms with van der Waals surface area (Å²) in [6, 6.07) is 4.15. The Kier molecular flexibility index (Phi) is 3.58. The third-order valence-corrected chi connectivity index (χ3v) is 5.04. The number of nitrogens with zero attached hydrogens (tertiary/aromatic N) is 5.